The summed E-state index contributed by atoms with van der Waals surface area (Å²) in [6, 6.07) is 9.54. The van der Waals surface area contributed by atoms with Crippen LogP contribution in [0, 0.1) is 5.92 Å². The normalized spacial score (nSPS) is 15.6. The summed E-state index contributed by atoms with van der Waals surface area (Å²) in [6.07, 6.45) is 5.91. The third-order valence-corrected chi connectivity index (χ3v) is 4.42. The summed E-state index contributed by atoms with van der Waals surface area (Å²) in [6.45, 7) is 0.715. The lowest BCUT2D eigenvalue weighted by Crippen LogP contribution is -2.27. The summed E-state index contributed by atoms with van der Waals surface area (Å²) in [5.74, 6) is 0.828. The smallest absolute Gasteiger partial charge is 0.310 e. The van der Waals surface area contributed by atoms with E-state index in [2.05, 4.69) is 15.1 Å². The van der Waals surface area contributed by atoms with Crippen LogP contribution in [0.3, 0.4) is 0 Å². The molecule has 4 rings (SSSR count). The zero-order valence-electron chi connectivity index (χ0n) is 14.5. The Kier molecular flexibility index (Phi) is 4.69. The third-order valence-electron chi connectivity index (χ3n) is 4.42. The van der Waals surface area contributed by atoms with E-state index in [1.807, 2.05) is 30.3 Å². The van der Waals surface area contributed by atoms with E-state index in [1.54, 1.807) is 17.2 Å². The fourth-order valence-electron chi connectivity index (χ4n) is 2.94. The second-order valence-electron chi connectivity index (χ2n) is 6.28. The number of nitrogens with zero attached hydrogens (tertiary/aromatic N) is 4. The molecule has 1 atom stereocenters. The minimum Gasteiger partial charge on any atom is -0.492 e. The van der Waals surface area contributed by atoms with E-state index in [0.29, 0.717) is 31.0 Å². The van der Waals surface area contributed by atoms with Crippen LogP contribution >= 0.6 is 0 Å². The standard InChI is InChI=1S/C19H18N4O4/c24-19(25)15-8-14-2-1-13(7-17(14)27-10-15)5-6-26-16-3-4-18(21-9-16)23-12-20-11-22-23/h1-4,7,9,11-12,15H,5-6,8,10H2,(H,24,25). The van der Waals surface area contributed by atoms with E-state index >= 15 is 0 Å². The quantitative estimate of drug-likeness (QED) is 0.711. The van der Waals surface area contributed by atoms with E-state index in [-0.39, 0.29) is 6.61 Å². The van der Waals surface area contributed by atoms with E-state index in [4.69, 9.17) is 14.6 Å². The molecule has 27 heavy (non-hydrogen) atoms. The van der Waals surface area contributed by atoms with Gasteiger partial charge in [-0.05, 0) is 35.7 Å². The molecule has 0 saturated heterocycles. The van der Waals surface area contributed by atoms with Gasteiger partial charge in [-0.2, -0.15) is 5.10 Å². The zero-order valence-corrected chi connectivity index (χ0v) is 14.5. The van der Waals surface area contributed by atoms with E-state index in [0.717, 1.165) is 16.9 Å². The Hall–Kier alpha value is -3.42. The molecule has 0 aliphatic carbocycles. The van der Waals surface area contributed by atoms with Crippen molar-refractivity contribution in [3.8, 4) is 17.3 Å². The van der Waals surface area contributed by atoms with Gasteiger partial charge in [0.15, 0.2) is 5.82 Å². The van der Waals surface area contributed by atoms with Crippen molar-refractivity contribution < 1.29 is 19.4 Å². The summed E-state index contributed by atoms with van der Waals surface area (Å²) in [4.78, 5) is 19.3. The molecule has 1 aliphatic rings. The molecule has 8 heteroatoms. The van der Waals surface area contributed by atoms with Crippen LogP contribution in [0.4, 0.5) is 0 Å². The first-order valence-corrected chi connectivity index (χ1v) is 8.60. The van der Waals surface area contributed by atoms with Crippen molar-refractivity contribution in [1.29, 1.82) is 0 Å². The molecule has 0 bridgehead atoms. The van der Waals surface area contributed by atoms with Gasteiger partial charge in [0.2, 0.25) is 0 Å². The maximum absolute atomic E-state index is 11.1. The Morgan fingerprint density at radius 1 is 1.33 bits per heavy atom. The van der Waals surface area contributed by atoms with Gasteiger partial charge in [0.25, 0.3) is 0 Å². The molecule has 0 amide bonds. The number of fused-ring (bicyclic) bond motifs is 1. The summed E-state index contributed by atoms with van der Waals surface area (Å²) >= 11 is 0. The molecule has 2 aromatic heterocycles. The van der Waals surface area contributed by atoms with Gasteiger partial charge < -0.3 is 14.6 Å². The molecule has 3 heterocycles. The first-order chi connectivity index (χ1) is 13.2. The van der Waals surface area contributed by atoms with Crippen molar-refractivity contribution in [3.63, 3.8) is 0 Å². The largest absolute Gasteiger partial charge is 0.492 e. The highest BCUT2D eigenvalue weighted by atomic mass is 16.5. The Bertz CT molecular complexity index is 925. The van der Waals surface area contributed by atoms with Crippen molar-refractivity contribution in [2.45, 2.75) is 12.8 Å². The van der Waals surface area contributed by atoms with Crippen molar-refractivity contribution in [2.24, 2.45) is 5.92 Å². The lowest BCUT2D eigenvalue weighted by molar-refractivity contribution is -0.143. The second kappa shape index (κ2) is 7.45. The Morgan fingerprint density at radius 2 is 2.26 bits per heavy atom. The Balaban J connectivity index is 1.32. The van der Waals surface area contributed by atoms with Crippen LogP contribution in [0.5, 0.6) is 11.5 Å². The van der Waals surface area contributed by atoms with Crippen LogP contribution in [0.1, 0.15) is 11.1 Å². The topological polar surface area (TPSA) is 99.4 Å². The summed E-state index contributed by atoms with van der Waals surface area (Å²) in [5, 5.41) is 13.1. The van der Waals surface area contributed by atoms with Gasteiger partial charge in [-0.3, -0.25) is 4.79 Å². The molecule has 8 nitrogen and oxygen atoms in total. The van der Waals surface area contributed by atoms with Gasteiger partial charge in [-0.25, -0.2) is 14.6 Å². The number of aromatic nitrogens is 4. The molecular weight excluding hydrogens is 348 g/mol. The van der Waals surface area contributed by atoms with E-state index < -0.39 is 11.9 Å². The minimum atomic E-state index is -0.818. The SMILES string of the molecule is O=C(O)C1COc2cc(CCOc3ccc(-n4cncn4)nc3)ccc2C1. The second-order valence-corrected chi connectivity index (χ2v) is 6.28. The van der Waals surface area contributed by atoms with Crippen LogP contribution in [-0.2, 0) is 17.6 Å². The molecule has 0 fully saturated rings. The van der Waals surface area contributed by atoms with Crippen molar-refractivity contribution in [2.75, 3.05) is 13.2 Å². The maximum Gasteiger partial charge on any atom is 0.310 e. The fraction of sp³-hybridized carbons (Fsp3) is 0.263. The number of hydrogen-bond donors (Lipinski definition) is 1. The molecule has 138 valence electrons. The first-order valence-electron chi connectivity index (χ1n) is 8.60. The molecule has 1 unspecified atom stereocenters. The van der Waals surface area contributed by atoms with Crippen LogP contribution in [-0.4, -0.2) is 44.0 Å². The summed E-state index contributed by atoms with van der Waals surface area (Å²) in [7, 11) is 0. The molecule has 0 spiro atoms. The van der Waals surface area contributed by atoms with Crippen molar-refractivity contribution in [1.82, 2.24) is 19.7 Å². The Labute approximate surface area is 155 Å². The third kappa shape index (κ3) is 3.89. The molecule has 3 aromatic rings. The van der Waals surface area contributed by atoms with E-state index in [9.17, 15) is 4.79 Å². The van der Waals surface area contributed by atoms with Crippen LogP contribution in [0.2, 0.25) is 0 Å². The lowest BCUT2D eigenvalue weighted by Gasteiger charge is -2.23. The van der Waals surface area contributed by atoms with Crippen LogP contribution in [0.25, 0.3) is 5.82 Å². The highest BCUT2D eigenvalue weighted by Crippen LogP contribution is 2.28. The van der Waals surface area contributed by atoms with Gasteiger partial charge in [-0.15, -0.1) is 0 Å². The molecule has 1 N–H and O–H groups in total. The van der Waals surface area contributed by atoms with Crippen LogP contribution in [0.15, 0.2) is 49.2 Å². The van der Waals surface area contributed by atoms with Gasteiger partial charge in [-0.1, -0.05) is 12.1 Å². The summed E-state index contributed by atoms with van der Waals surface area (Å²) < 4.78 is 12.9. The number of rotatable bonds is 6. The average Bonchev–Trinajstić information content (AvgIpc) is 3.23. The van der Waals surface area contributed by atoms with Gasteiger partial charge in [0.05, 0.1) is 18.7 Å². The highest BCUT2D eigenvalue weighted by molar-refractivity contribution is 5.71. The van der Waals surface area contributed by atoms with E-state index in [1.165, 1.54) is 6.33 Å². The number of benzene rings is 1. The van der Waals surface area contributed by atoms with Gasteiger partial charge in [0, 0.05) is 6.42 Å². The Morgan fingerprint density at radius 3 is 3.00 bits per heavy atom. The fourth-order valence-corrected chi connectivity index (χ4v) is 2.94. The van der Waals surface area contributed by atoms with Gasteiger partial charge >= 0.3 is 5.97 Å². The number of aliphatic carboxylic acids is 1. The number of carbonyl (C=O) groups is 1. The first kappa shape index (κ1) is 17.0. The number of hydrogen-bond acceptors (Lipinski definition) is 6. The highest BCUT2D eigenvalue weighted by Gasteiger charge is 2.25. The van der Waals surface area contributed by atoms with Crippen molar-refractivity contribution >= 4 is 5.97 Å². The van der Waals surface area contributed by atoms with Crippen LogP contribution < -0.4 is 9.47 Å². The number of pyridine rings is 1. The van der Waals surface area contributed by atoms with Gasteiger partial charge in [0.1, 0.15) is 30.8 Å². The lowest BCUT2D eigenvalue weighted by atomic mass is 9.95. The molecule has 0 radical (unpaired) electrons. The molecule has 1 aliphatic heterocycles. The average molecular weight is 366 g/mol. The summed E-state index contributed by atoms with van der Waals surface area (Å²) in [5.41, 5.74) is 2.01. The van der Waals surface area contributed by atoms with Crippen molar-refractivity contribution in [3.05, 3.63) is 60.3 Å². The number of carboxylic acid groups (broad SMARTS) is 1. The number of ether oxygens (including phenoxy) is 2. The molecule has 1 aromatic carbocycles. The maximum atomic E-state index is 11.1. The predicted molar refractivity (Wildman–Crippen MR) is 95.1 cm³/mol. The molecule has 0 saturated carbocycles. The zero-order chi connectivity index (χ0) is 18.6. The minimum absolute atomic E-state index is 0.214. The monoisotopic (exact) mass is 366 g/mol. The molecular formula is C19H18N4O4. The number of carboxylic acids is 1. The predicted octanol–water partition coefficient (Wildman–Crippen LogP) is 1.92.